The molecule has 0 saturated carbocycles. The molecule has 0 aliphatic carbocycles. The van der Waals surface area contributed by atoms with Crippen LogP contribution in [0.15, 0.2) is 0 Å². The van der Waals surface area contributed by atoms with Gasteiger partial charge in [0.25, 0.3) is 0 Å². The minimum Gasteiger partial charge on any atom is -0.481 e. The van der Waals surface area contributed by atoms with E-state index in [2.05, 4.69) is 4.72 Å². The first-order chi connectivity index (χ1) is 6.48. The Kier molecular flexibility index (Phi) is 6.94. The molecule has 0 aromatic rings. The average molecular weight is 241 g/mol. The molecular weight excluding hydrogens is 226 g/mol. The molecule has 0 bridgehead atoms. The van der Waals surface area contributed by atoms with Gasteiger partial charge in [-0.2, -0.15) is 11.8 Å². The molecule has 0 aromatic heterocycles. The summed E-state index contributed by atoms with van der Waals surface area (Å²) in [6.07, 6.45) is 1.94. The van der Waals surface area contributed by atoms with Gasteiger partial charge in [0.1, 0.15) is 0 Å². The third-order valence-corrected chi connectivity index (χ3v) is 3.51. The summed E-state index contributed by atoms with van der Waals surface area (Å²) in [4.78, 5) is 10.1. The van der Waals surface area contributed by atoms with Crippen LogP contribution in [0.5, 0.6) is 0 Å². The van der Waals surface area contributed by atoms with Crippen molar-refractivity contribution in [1.82, 2.24) is 4.72 Å². The molecular formula is C7H15NO4S2. The standard InChI is InChI=1S/C7H15NO4S2/c1-13-5-4-8-14(11,12)6-2-3-7(9)10/h8H,2-6H2,1H3,(H,9,10). The molecule has 0 aromatic carbocycles. The van der Waals surface area contributed by atoms with Crippen molar-refractivity contribution in [3.8, 4) is 0 Å². The van der Waals surface area contributed by atoms with E-state index in [1.54, 1.807) is 11.8 Å². The zero-order chi connectivity index (χ0) is 11.0. The number of aliphatic carboxylic acids is 1. The van der Waals surface area contributed by atoms with Crippen molar-refractivity contribution in [2.45, 2.75) is 12.8 Å². The molecule has 0 amide bonds. The highest BCUT2D eigenvalue weighted by Crippen LogP contribution is 1.95. The quantitative estimate of drug-likeness (QED) is 0.590. The van der Waals surface area contributed by atoms with Crippen LogP contribution < -0.4 is 4.72 Å². The maximum absolute atomic E-state index is 11.2. The Morgan fingerprint density at radius 1 is 1.50 bits per heavy atom. The summed E-state index contributed by atoms with van der Waals surface area (Å²) in [5.74, 6) is -0.365. The molecule has 0 heterocycles. The van der Waals surface area contributed by atoms with Gasteiger partial charge in [0.05, 0.1) is 5.75 Å². The number of thioether (sulfide) groups is 1. The van der Waals surface area contributed by atoms with Gasteiger partial charge in [-0.1, -0.05) is 0 Å². The molecule has 0 atom stereocenters. The van der Waals surface area contributed by atoms with E-state index in [1.165, 1.54) is 0 Å². The number of carboxylic acid groups (broad SMARTS) is 1. The van der Waals surface area contributed by atoms with Gasteiger partial charge in [0, 0.05) is 18.7 Å². The number of carboxylic acids is 1. The van der Waals surface area contributed by atoms with Crippen LogP contribution in [-0.4, -0.2) is 43.8 Å². The van der Waals surface area contributed by atoms with Gasteiger partial charge in [-0.3, -0.25) is 4.79 Å². The maximum atomic E-state index is 11.2. The average Bonchev–Trinajstić information content (AvgIpc) is 2.03. The van der Waals surface area contributed by atoms with Crippen molar-refractivity contribution in [3.63, 3.8) is 0 Å². The van der Waals surface area contributed by atoms with Gasteiger partial charge in [-0.05, 0) is 12.7 Å². The molecule has 0 unspecified atom stereocenters. The third kappa shape index (κ3) is 8.33. The molecule has 0 aliphatic rings. The first kappa shape index (κ1) is 13.7. The van der Waals surface area contributed by atoms with Crippen molar-refractivity contribution in [2.75, 3.05) is 24.3 Å². The molecule has 0 aliphatic heterocycles. The van der Waals surface area contributed by atoms with Crippen LogP contribution in [0.4, 0.5) is 0 Å². The van der Waals surface area contributed by atoms with Gasteiger partial charge >= 0.3 is 5.97 Å². The summed E-state index contributed by atoms with van der Waals surface area (Å²) in [6.45, 7) is 0.399. The molecule has 2 N–H and O–H groups in total. The molecule has 0 spiro atoms. The molecule has 0 saturated heterocycles. The fourth-order valence-corrected chi connectivity index (χ4v) is 2.30. The fraction of sp³-hybridized carbons (Fsp3) is 0.857. The van der Waals surface area contributed by atoms with Crippen LogP contribution in [0, 0.1) is 0 Å². The third-order valence-electron chi connectivity index (χ3n) is 1.43. The van der Waals surface area contributed by atoms with Crippen molar-refractivity contribution < 1.29 is 18.3 Å². The lowest BCUT2D eigenvalue weighted by atomic mass is 10.3. The maximum Gasteiger partial charge on any atom is 0.303 e. The second-order valence-corrected chi connectivity index (χ2v) is 5.62. The Morgan fingerprint density at radius 2 is 2.14 bits per heavy atom. The lowest BCUT2D eigenvalue weighted by Gasteiger charge is -2.04. The SMILES string of the molecule is CSCCNS(=O)(=O)CCCC(=O)O. The second kappa shape index (κ2) is 7.08. The smallest absolute Gasteiger partial charge is 0.303 e. The summed E-state index contributed by atoms with van der Waals surface area (Å²) in [5.41, 5.74) is 0. The minimum absolute atomic E-state index is 0.108. The normalized spacial score (nSPS) is 11.5. The number of nitrogens with one attached hydrogen (secondary N) is 1. The van der Waals surface area contributed by atoms with E-state index >= 15 is 0 Å². The highest BCUT2D eigenvalue weighted by atomic mass is 32.2. The number of hydrogen-bond acceptors (Lipinski definition) is 4. The van der Waals surface area contributed by atoms with Gasteiger partial charge in [-0.25, -0.2) is 13.1 Å². The lowest BCUT2D eigenvalue weighted by Crippen LogP contribution is -2.28. The van der Waals surface area contributed by atoms with Gasteiger partial charge in [-0.15, -0.1) is 0 Å². The van der Waals surface area contributed by atoms with Crippen LogP contribution in [0.3, 0.4) is 0 Å². The highest BCUT2D eigenvalue weighted by Gasteiger charge is 2.09. The van der Waals surface area contributed by atoms with E-state index in [9.17, 15) is 13.2 Å². The predicted octanol–water partition coefficient (Wildman–Crippen LogP) is 0.134. The van der Waals surface area contributed by atoms with Gasteiger partial charge in [0.2, 0.25) is 10.0 Å². The molecule has 7 heteroatoms. The molecule has 0 radical (unpaired) electrons. The van der Waals surface area contributed by atoms with Crippen molar-refractivity contribution in [2.24, 2.45) is 0 Å². The largest absolute Gasteiger partial charge is 0.481 e. The van der Waals surface area contributed by atoms with Crippen LogP contribution >= 0.6 is 11.8 Å². The number of sulfonamides is 1. The first-order valence-electron chi connectivity index (χ1n) is 4.16. The van der Waals surface area contributed by atoms with E-state index < -0.39 is 16.0 Å². The molecule has 0 fully saturated rings. The van der Waals surface area contributed by atoms with E-state index in [-0.39, 0.29) is 18.6 Å². The number of hydrogen-bond donors (Lipinski definition) is 2. The molecule has 14 heavy (non-hydrogen) atoms. The van der Waals surface area contributed by atoms with Crippen molar-refractivity contribution in [3.05, 3.63) is 0 Å². The van der Waals surface area contributed by atoms with E-state index in [0.717, 1.165) is 5.75 Å². The zero-order valence-electron chi connectivity index (χ0n) is 8.02. The molecule has 0 rings (SSSR count). The predicted molar refractivity (Wildman–Crippen MR) is 57.0 cm³/mol. The Balaban J connectivity index is 3.67. The van der Waals surface area contributed by atoms with Crippen molar-refractivity contribution in [1.29, 1.82) is 0 Å². The zero-order valence-corrected chi connectivity index (χ0v) is 9.66. The van der Waals surface area contributed by atoms with E-state index in [0.29, 0.717) is 6.54 Å². The van der Waals surface area contributed by atoms with Crippen molar-refractivity contribution >= 4 is 27.8 Å². The highest BCUT2D eigenvalue weighted by molar-refractivity contribution is 7.98. The Bertz CT molecular complexity index is 263. The monoisotopic (exact) mass is 241 g/mol. The molecule has 5 nitrogen and oxygen atoms in total. The molecule has 84 valence electrons. The number of carbonyl (C=O) groups is 1. The van der Waals surface area contributed by atoms with Gasteiger partial charge in [0.15, 0.2) is 0 Å². The minimum atomic E-state index is -3.28. The van der Waals surface area contributed by atoms with Gasteiger partial charge < -0.3 is 5.11 Å². The Morgan fingerprint density at radius 3 is 2.64 bits per heavy atom. The topological polar surface area (TPSA) is 83.5 Å². The summed E-state index contributed by atoms with van der Waals surface area (Å²) >= 11 is 1.55. The first-order valence-corrected chi connectivity index (χ1v) is 7.20. The van der Waals surface area contributed by atoms with Crippen LogP contribution in [0.1, 0.15) is 12.8 Å². The Labute approximate surface area is 88.3 Å². The summed E-state index contributed by atoms with van der Waals surface area (Å²) in [6, 6.07) is 0. The lowest BCUT2D eigenvalue weighted by molar-refractivity contribution is -0.137. The summed E-state index contributed by atoms with van der Waals surface area (Å²) in [7, 11) is -3.28. The summed E-state index contributed by atoms with van der Waals surface area (Å²) in [5, 5.41) is 8.31. The number of rotatable bonds is 8. The van der Waals surface area contributed by atoms with Crippen LogP contribution in [0.2, 0.25) is 0 Å². The van der Waals surface area contributed by atoms with E-state index in [4.69, 9.17) is 5.11 Å². The van der Waals surface area contributed by atoms with Crippen LogP contribution in [0.25, 0.3) is 0 Å². The second-order valence-electron chi connectivity index (χ2n) is 2.70. The van der Waals surface area contributed by atoms with E-state index in [1.807, 2.05) is 6.26 Å². The fourth-order valence-electron chi connectivity index (χ4n) is 0.785. The van der Waals surface area contributed by atoms with Crippen LogP contribution in [-0.2, 0) is 14.8 Å². The Hall–Kier alpha value is -0.270. The summed E-state index contributed by atoms with van der Waals surface area (Å²) < 4.78 is 24.7.